The maximum atomic E-state index is 12.4. The molecule has 0 aliphatic carbocycles. The van der Waals surface area contributed by atoms with Crippen molar-refractivity contribution in [3.8, 4) is 0 Å². The lowest BCUT2D eigenvalue weighted by Crippen LogP contribution is -2.40. The van der Waals surface area contributed by atoms with Crippen LogP contribution in [0.5, 0.6) is 0 Å². The fraction of sp³-hybridized carbons (Fsp3) is 0.333. The molecule has 134 valence electrons. The summed E-state index contributed by atoms with van der Waals surface area (Å²) in [6.07, 6.45) is 2.19. The average Bonchev–Trinajstić information content (AvgIpc) is 3.08. The predicted molar refractivity (Wildman–Crippen MR) is 104 cm³/mol. The highest BCUT2D eigenvalue weighted by molar-refractivity contribution is 5.92. The zero-order valence-electron chi connectivity index (χ0n) is 15.0. The van der Waals surface area contributed by atoms with Crippen molar-refractivity contribution < 1.29 is 4.79 Å². The zero-order chi connectivity index (χ0) is 17.9. The number of carbonyl (C=O) groups is 1. The molecule has 1 atom stereocenters. The normalized spacial score (nSPS) is 18.1. The molecule has 0 saturated carbocycles. The van der Waals surface area contributed by atoms with Gasteiger partial charge in [-0.05, 0) is 50.6 Å². The topological polar surface area (TPSA) is 61.0 Å². The van der Waals surface area contributed by atoms with Crippen LogP contribution in [0.15, 0.2) is 48.5 Å². The number of nitrogens with one attached hydrogen (secondary N) is 2. The number of H-pyrrole nitrogens is 1. The van der Waals surface area contributed by atoms with Gasteiger partial charge in [-0.2, -0.15) is 0 Å². The standard InChI is InChI=1S/C21H24N4O/c1-15-8-10-17(11-9-15)22-20(26)14-25-12-4-5-16(13-25)21-23-18-6-2-3-7-19(18)24-21/h2-3,6-11,16H,4-5,12-14H2,1H3,(H,22,26)(H,23,24). The van der Waals surface area contributed by atoms with Gasteiger partial charge in [-0.15, -0.1) is 0 Å². The van der Waals surface area contributed by atoms with E-state index in [9.17, 15) is 4.79 Å². The van der Waals surface area contributed by atoms with Crippen LogP contribution in [-0.2, 0) is 4.79 Å². The van der Waals surface area contributed by atoms with Crippen molar-refractivity contribution in [1.82, 2.24) is 14.9 Å². The molecule has 1 unspecified atom stereocenters. The SMILES string of the molecule is Cc1ccc(NC(=O)CN2CCCC(c3nc4ccccc4[nH]3)C2)cc1. The summed E-state index contributed by atoms with van der Waals surface area (Å²) < 4.78 is 0. The van der Waals surface area contributed by atoms with Gasteiger partial charge < -0.3 is 10.3 Å². The highest BCUT2D eigenvalue weighted by Crippen LogP contribution is 2.26. The molecule has 3 aromatic rings. The van der Waals surface area contributed by atoms with Gasteiger partial charge in [0.25, 0.3) is 0 Å². The molecule has 5 heteroatoms. The molecule has 2 aromatic carbocycles. The summed E-state index contributed by atoms with van der Waals surface area (Å²) in [6.45, 7) is 4.28. The van der Waals surface area contributed by atoms with E-state index in [2.05, 4.69) is 21.3 Å². The number of aromatic amines is 1. The Morgan fingerprint density at radius 3 is 2.85 bits per heavy atom. The average molecular weight is 348 g/mol. The largest absolute Gasteiger partial charge is 0.342 e. The molecule has 5 nitrogen and oxygen atoms in total. The molecule has 0 radical (unpaired) electrons. The van der Waals surface area contributed by atoms with Crippen molar-refractivity contribution in [3.05, 3.63) is 59.9 Å². The Balaban J connectivity index is 1.38. The summed E-state index contributed by atoms with van der Waals surface area (Å²) in [5.74, 6) is 1.43. The predicted octanol–water partition coefficient (Wildman–Crippen LogP) is 3.69. The van der Waals surface area contributed by atoms with E-state index in [1.807, 2.05) is 49.4 Å². The quantitative estimate of drug-likeness (QED) is 0.756. The molecule has 0 bridgehead atoms. The van der Waals surface area contributed by atoms with Crippen LogP contribution < -0.4 is 5.32 Å². The number of aryl methyl sites for hydroxylation is 1. The van der Waals surface area contributed by atoms with E-state index < -0.39 is 0 Å². The molecule has 26 heavy (non-hydrogen) atoms. The molecule has 4 rings (SSSR count). The number of para-hydroxylation sites is 2. The fourth-order valence-electron chi connectivity index (χ4n) is 3.63. The van der Waals surface area contributed by atoms with Crippen LogP contribution in [0.2, 0.25) is 0 Å². The number of rotatable bonds is 4. The number of hydrogen-bond acceptors (Lipinski definition) is 3. The van der Waals surface area contributed by atoms with Gasteiger partial charge >= 0.3 is 0 Å². The molecule has 1 amide bonds. The fourth-order valence-corrected chi connectivity index (χ4v) is 3.63. The van der Waals surface area contributed by atoms with Crippen molar-refractivity contribution in [2.24, 2.45) is 0 Å². The van der Waals surface area contributed by atoms with Crippen molar-refractivity contribution in [1.29, 1.82) is 0 Å². The van der Waals surface area contributed by atoms with Crippen molar-refractivity contribution in [3.63, 3.8) is 0 Å². The lowest BCUT2D eigenvalue weighted by Gasteiger charge is -2.31. The maximum absolute atomic E-state index is 12.4. The van der Waals surface area contributed by atoms with Gasteiger partial charge in [-0.25, -0.2) is 4.98 Å². The van der Waals surface area contributed by atoms with Crippen LogP contribution in [0, 0.1) is 6.92 Å². The molecule has 1 fully saturated rings. The lowest BCUT2D eigenvalue weighted by atomic mass is 9.97. The Morgan fingerprint density at radius 2 is 2.04 bits per heavy atom. The molecule has 1 aliphatic heterocycles. The Kier molecular flexibility index (Phi) is 4.71. The molecule has 2 N–H and O–H groups in total. The van der Waals surface area contributed by atoms with Gasteiger partial charge in [-0.1, -0.05) is 29.8 Å². The Labute approximate surface area is 153 Å². The van der Waals surface area contributed by atoms with E-state index in [4.69, 9.17) is 4.98 Å². The minimum absolute atomic E-state index is 0.0408. The molecule has 0 spiro atoms. The van der Waals surface area contributed by atoms with Gasteiger partial charge in [0, 0.05) is 18.2 Å². The van der Waals surface area contributed by atoms with Crippen LogP contribution in [0.25, 0.3) is 11.0 Å². The van der Waals surface area contributed by atoms with E-state index in [0.29, 0.717) is 12.5 Å². The molecule has 1 aliphatic rings. The minimum atomic E-state index is 0.0408. The van der Waals surface area contributed by atoms with Gasteiger partial charge in [0.15, 0.2) is 0 Å². The van der Waals surface area contributed by atoms with Crippen LogP contribution in [0.3, 0.4) is 0 Å². The van der Waals surface area contributed by atoms with E-state index in [-0.39, 0.29) is 5.91 Å². The molecule has 1 aromatic heterocycles. The van der Waals surface area contributed by atoms with Gasteiger partial charge in [0.1, 0.15) is 5.82 Å². The molecule has 1 saturated heterocycles. The van der Waals surface area contributed by atoms with Gasteiger partial charge in [-0.3, -0.25) is 9.69 Å². The number of aromatic nitrogens is 2. The highest BCUT2D eigenvalue weighted by Gasteiger charge is 2.25. The number of piperidine rings is 1. The second-order valence-corrected chi connectivity index (χ2v) is 7.13. The molecular weight excluding hydrogens is 324 g/mol. The van der Waals surface area contributed by atoms with Gasteiger partial charge in [0.05, 0.1) is 17.6 Å². The third kappa shape index (κ3) is 3.78. The number of amides is 1. The third-order valence-electron chi connectivity index (χ3n) is 5.00. The van der Waals surface area contributed by atoms with Crippen molar-refractivity contribution in [2.45, 2.75) is 25.7 Å². The second-order valence-electron chi connectivity index (χ2n) is 7.13. The maximum Gasteiger partial charge on any atom is 0.238 e. The first kappa shape index (κ1) is 16.8. The number of benzene rings is 2. The highest BCUT2D eigenvalue weighted by atomic mass is 16.2. The van der Waals surface area contributed by atoms with E-state index in [1.165, 1.54) is 5.56 Å². The van der Waals surface area contributed by atoms with Gasteiger partial charge in [0.2, 0.25) is 5.91 Å². The number of hydrogen-bond donors (Lipinski definition) is 2. The zero-order valence-corrected chi connectivity index (χ0v) is 15.0. The first-order chi connectivity index (χ1) is 12.7. The summed E-state index contributed by atoms with van der Waals surface area (Å²) in [6, 6.07) is 16.0. The monoisotopic (exact) mass is 348 g/mol. The Hall–Kier alpha value is -2.66. The summed E-state index contributed by atoms with van der Waals surface area (Å²) in [5.41, 5.74) is 4.13. The van der Waals surface area contributed by atoms with Crippen molar-refractivity contribution in [2.75, 3.05) is 25.0 Å². The Morgan fingerprint density at radius 1 is 1.23 bits per heavy atom. The summed E-state index contributed by atoms with van der Waals surface area (Å²) in [5, 5.41) is 2.99. The van der Waals surface area contributed by atoms with Crippen LogP contribution in [0.4, 0.5) is 5.69 Å². The molecule has 2 heterocycles. The number of imidazole rings is 1. The lowest BCUT2D eigenvalue weighted by molar-refractivity contribution is -0.117. The summed E-state index contributed by atoms with van der Waals surface area (Å²) in [7, 11) is 0. The second kappa shape index (κ2) is 7.30. The van der Waals surface area contributed by atoms with Crippen LogP contribution in [0.1, 0.15) is 30.1 Å². The Bertz CT molecular complexity index is 867. The number of likely N-dealkylation sites (tertiary alicyclic amines) is 1. The number of nitrogens with zero attached hydrogens (tertiary/aromatic N) is 2. The number of carbonyl (C=O) groups excluding carboxylic acids is 1. The van der Waals surface area contributed by atoms with E-state index >= 15 is 0 Å². The van der Waals surface area contributed by atoms with Crippen molar-refractivity contribution >= 4 is 22.6 Å². The first-order valence-corrected chi connectivity index (χ1v) is 9.21. The first-order valence-electron chi connectivity index (χ1n) is 9.21. The molecular formula is C21H24N4O. The van der Waals surface area contributed by atoms with E-state index in [1.54, 1.807) is 0 Å². The summed E-state index contributed by atoms with van der Waals surface area (Å²) >= 11 is 0. The smallest absolute Gasteiger partial charge is 0.238 e. The van der Waals surface area contributed by atoms with Crippen LogP contribution >= 0.6 is 0 Å². The number of anilines is 1. The van der Waals surface area contributed by atoms with Crippen LogP contribution in [-0.4, -0.2) is 40.4 Å². The third-order valence-corrected chi connectivity index (χ3v) is 5.00. The van der Waals surface area contributed by atoms with E-state index in [0.717, 1.165) is 48.5 Å². The number of fused-ring (bicyclic) bond motifs is 1. The summed E-state index contributed by atoms with van der Waals surface area (Å²) in [4.78, 5) is 22.8. The minimum Gasteiger partial charge on any atom is -0.342 e.